The molecule has 0 aromatic heterocycles. The average Bonchev–Trinajstić information content (AvgIpc) is 2.85. The smallest absolute Gasteiger partial charge is 0.365 e. The Morgan fingerprint density at radius 3 is 2.21 bits per heavy atom. The zero-order valence-electron chi connectivity index (χ0n) is 18.8. The van der Waals surface area contributed by atoms with Gasteiger partial charge in [0.1, 0.15) is 0 Å². The Morgan fingerprint density at radius 2 is 1.65 bits per heavy atom. The van der Waals surface area contributed by atoms with Gasteiger partial charge >= 0.3 is 5.97 Å². The Balaban J connectivity index is 1.92. The number of nitro benzene ring substituents is 2. The Bertz CT molecular complexity index is 1120. The summed E-state index contributed by atoms with van der Waals surface area (Å²) in [6, 6.07) is 6.36. The number of ether oxygens (including phenoxy) is 3. The first-order valence-electron chi connectivity index (χ1n) is 10.3. The molecule has 1 saturated carbocycles. The van der Waals surface area contributed by atoms with E-state index >= 15 is 0 Å². The van der Waals surface area contributed by atoms with E-state index in [-0.39, 0.29) is 34.0 Å². The number of rotatable bonds is 8. The monoisotopic (exact) mass is 473 g/mol. The molecule has 1 aliphatic rings. The van der Waals surface area contributed by atoms with Crippen molar-refractivity contribution in [1.82, 2.24) is 0 Å². The highest BCUT2D eigenvalue weighted by atomic mass is 16.7. The van der Waals surface area contributed by atoms with E-state index in [1.165, 1.54) is 45.6 Å². The van der Waals surface area contributed by atoms with Gasteiger partial charge in [0.25, 0.3) is 11.4 Å². The molecule has 0 aliphatic heterocycles. The molecule has 0 amide bonds. The van der Waals surface area contributed by atoms with Crippen molar-refractivity contribution in [2.24, 2.45) is 5.16 Å². The first-order chi connectivity index (χ1) is 16.3. The summed E-state index contributed by atoms with van der Waals surface area (Å²) in [5, 5.41) is 26.7. The predicted octanol–water partition coefficient (Wildman–Crippen LogP) is 4.40. The van der Waals surface area contributed by atoms with Crippen LogP contribution in [-0.2, 0) is 4.84 Å². The number of nitrogens with zero attached hydrogens (tertiary/aromatic N) is 3. The summed E-state index contributed by atoms with van der Waals surface area (Å²) in [4.78, 5) is 39.2. The maximum absolute atomic E-state index is 12.7. The van der Waals surface area contributed by atoms with Crippen molar-refractivity contribution in [2.75, 3.05) is 21.3 Å². The topological polar surface area (TPSA) is 153 Å². The molecule has 180 valence electrons. The van der Waals surface area contributed by atoms with Crippen LogP contribution in [0.3, 0.4) is 0 Å². The van der Waals surface area contributed by atoms with Gasteiger partial charge in [0.15, 0.2) is 11.5 Å². The molecule has 0 spiro atoms. The number of hydrogen-bond donors (Lipinski definition) is 0. The third-order valence-electron chi connectivity index (χ3n) is 5.52. The van der Waals surface area contributed by atoms with Crippen molar-refractivity contribution in [2.45, 2.75) is 31.6 Å². The zero-order chi connectivity index (χ0) is 24.8. The standard InChI is InChI=1S/C22H23N3O9/c1-31-19-10-13(11-20(32-2)21(19)33-3)22(26)34-23-17-7-5-4-6-15(17)16-9-8-14(24(27)28)12-18(16)25(29)30/h8-12,15H,4-7H2,1-3H3/b23-17+. The first-order valence-corrected chi connectivity index (χ1v) is 10.3. The van der Waals surface area contributed by atoms with Gasteiger partial charge in [-0.3, -0.25) is 20.2 Å². The maximum Gasteiger partial charge on any atom is 0.365 e. The van der Waals surface area contributed by atoms with Crippen molar-refractivity contribution in [3.8, 4) is 17.2 Å². The van der Waals surface area contributed by atoms with Crippen LogP contribution in [0.1, 0.15) is 47.5 Å². The minimum Gasteiger partial charge on any atom is -0.493 e. The fourth-order valence-electron chi connectivity index (χ4n) is 3.89. The number of carbonyl (C=O) groups is 1. The molecule has 3 rings (SSSR count). The summed E-state index contributed by atoms with van der Waals surface area (Å²) in [5.74, 6) is -0.459. The van der Waals surface area contributed by atoms with Gasteiger partial charge in [0, 0.05) is 17.5 Å². The minimum atomic E-state index is -0.783. The normalized spacial score (nSPS) is 16.6. The molecule has 12 heteroatoms. The summed E-state index contributed by atoms with van der Waals surface area (Å²) < 4.78 is 15.7. The fourth-order valence-corrected chi connectivity index (χ4v) is 3.89. The van der Waals surface area contributed by atoms with Crippen molar-refractivity contribution >= 4 is 23.1 Å². The van der Waals surface area contributed by atoms with E-state index in [4.69, 9.17) is 19.0 Å². The second-order valence-electron chi connectivity index (χ2n) is 7.43. The molecule has 0 saturated heterocycles. The summed E-state index contributed by atoms with van der Waals surface area (Å²) in [6.07, 6.45) is 2.52. The molecule has 0 radical (unpaired) electrons. The van der Waals surface area contributed by atoms with Crippen LogP contribution in [0.5, 0.6) is 17.2 Å². The molecule has 1 unspecified atom stereocenters. The van der Waals surface area contributed by atoms with E-state index in [0.717, 1.165) is 18.9 Å². The molecular weight excluding hydrogens is 450 g/mol. The van der Waals surface area contributed by atoms with Crippen LogP contribution in [0, 0.1) is 20.2 Å². The Morgan fingerprint density at radius 1 is 0.971 bits per heavy atom. The number of benzene rings is 2. The second-order valence-corrected chi connectivity index (χ2v) is 7.43. The van der Waals surface area contributed by atoms with E-state index in [1.807, 2.05) is 0 Å². The zero-order valence-corrected chi connectivity index (χ0v) is 18.8. The Kier molecular flexibility index (Phi) is 7.61. The van der Waals surface area contributed by atoms with Crippen molar-refractivity contribution in [3.05, 3.63) is 61.7 Å². The minimum absolute atomic E-state index is 0.104. The number of oxime groups is 1. The summed E-state index contributed by atoms with van der Waals surface area (Å²) in [7, 11) is 4.26. The Labute approximate surface area is 194 Å². The third-order valence-corrected chi connectivity index (χ3v) is 5.52. The molecule has 2 aromatic carbocycles. The van der Waals surface area contributed by atoms with Crippen molar-refractivity contribution < 1.29 is 33.7 Å². The molecule has 2 aromatic rings. The quantitative estimate of drug-likeness (QED) is 0.308. The highest BCUT2D eigenvalue weighted by Gasteiger charge is 2.31. The van der Waals surface area contributed by atoms with Crippen LogP contribution in [0.15, 0.2) is 35.5 Å². The molecule has 1 aliphatic carbocycles. The SMILES string of the molecule is COc1cc(C(=O)O/N=C2\CCCCC2c2ccc([N+](=O)[O-])cc2[N+](=O)[O-])cc(OC)c1OC. The molecule has 1 atom stereocenters. The molecule has 1 fully saturated rings. The van der Waals surface area contributed by atoms with Crippen LogP contribution < -0.4 is 14.2 Å². The van der Waals surface area contributed by atoms with Crippen LogP contribution in [0.4, 0.5) is 11.4 Å². The lowest BCUT2D eigenvalue weighted by molar-refractivity contribution is -0.394. The lowest BCUT2D eigenvalue weighted by atomic mass is 9.81. The van der Waals surface area contributed by atoms with E-state index in [1.54, 1.807) is 0 Å². The van der Waals surface area contributed by atoms with Gasteiger partial charge in [-0.25, -0.2) is 4.79 Å². The number of methoxy groups -OCH3 is 3. The number of non-ortho nitro benzene ring substituents is 1. The van der Waals surface area contributed by atoms with E-state index in [9.17, 15) is 25.0 Å². The number of carbonyl (C=O) groups excluding carboxylic acids is 1. The summed E-state index contributed by atoms with van der Waals surface area (Å²) in [5.41, 5.74) is 0.0951. The average molecular weight is 473 g/mol. The van der Waals surface area contributed by atoms with Gasteiger partial charge in [-0.05, 0) is 37.5 Å². The summed E-state index contributed by atoms with van der Waals surface area (Å²) >= 11 is 0. The van der Waals surface area contributed by atoms with Crippen LogP contribution >= 0.6 is 0 Å². The van der Waals surface area contributed by atoms with E-state index in [0.29, 0.717) is 24.3 Å². The number of nitro groups is 2. The number of hydrogen-bond acceptors (Lipinski definition) is 10. The highest BCUT2D eigenvalue weighted by Crippen LogP contribution is 2.39. The molecule has 0 bridgehead atoms. The highest BCUT2D eigenvalue weighted by molar-refractivity contribution is 5.95. The molecule has 0 heterocycles. The summed E-state index contributed by atoms with van der Waals surface area (Å²) in [6.45, 7) is 0. The van der Waals surface area contributed by atoms with Gasteiger partial charge in [-0.2, -0.15) is 0 Å². The largest absolute Gasteiger partial charge is 0.493 e. The lowest BCUT2D eigenvalue weighted by Gasteiger charge is -2.23. The second kappa shape index (κ2) is 10.6. The van der Waals surface area contributed by atoms with Gasteiger partial charge in [0.05, 0.1) is 48.5 Å². The fraction of sp³-hybridized carbons (Fsp3) is 0.364. The molecule has 12 nitrogen and oxygen atoms in total. The first kappa shape index (κ1) is 24.4. The third kappa shape index (κ3) is 5.05. The van der Waals surface area contributed by atoms with Gasteiger partial charge in [0.2, 0.25) is 5.75 Å². The van der Waals surface area contributed by atoms with E-state index < -0.39 is 21.7 Å². The van der Waals surface area contributed by atoms with Crippen LogP contribution in [0.2, 0.25) is 0 Å². The van der Waals surface area contributed by atoms with Crippen molar-refractivity contribution in [1.29, 1.82) is 0 Å². The predicted molar refractivity (Wildman–Crippen MR) is 120 cm³/mol. The van der Waals surface area contributed by atoms with Gasteiger partial charge in [-0.15, -0.1) is 0 Å². The van der Waals surface area contributed by atoms with Gasteiger partial charge in [-0.1, -0.05) is 11.6 Å². The molecule has 34 heavy (non-hydrogen) atoms. The lowest BCUT2D eigenvalue weighted by Crippen LogP contribution is -2.20. The van der Waals surface area contributed by atoms with Crippen molar-refractivity contribution in [3.63, 3.8) is 0 Å². The van der Waals surface area contributed by atoms with Crippen LogP contribution in [0.25, 0.3) is 0 Å². The molecule has 0 N–H and O–H groups in total. The van der Waals surface area contributed by atoms with Gasteiger partial charge < -0.3 is 19.0 Å². The van der Waals surface area contributed by atoms with E-state index in [2.05, 4.69) is 5.16 Å². The maximum atomic E-state index is 12.7. The molecular formula is C22H23N3O9. The van der Waals surface area contributed by atoms with Crippen LogP contribution in [-0.4, -0.2) is 42.9 Å². The Hall–Kier alpha value is -4.22.